The van der Waals surface area contributed by atoms with E-state index in [2.05, 4.69) is 44.7 Å². The number of nitrogens with two attached hydrogens (primary N) is 1. The van der Waals surface area contributed by atoms with E-state index in [1.165, 1.54) is 6.92 Å². The van der Waals surface area contributed by atoms with Crippen molar-refractivity contribution in [2.75, 3.05) is 17.2 Å². The van der Waals surface area contributed by atoms with Crippen molar-refractivity contribution < 1.29 is 28.8 Å². The Kier molecular flexibility index (Phi) is 9.78. The summed E-state index contributed by atoms with van der Waals surface area (Å²) in [4.78, 5) is 2.18. The summed E-state index contributed by atoms with van der Waals surface area (Å²) in [6, 6.07) is 4.25. The minimum Gasteiger partial charge on any atom is -0.398 e. The molecule has 1 aromatic rings. The second-order valence-corrected chi connectivity index (χ2v) is 10.1. The number of hydrogen-bond donors (Lipinski definition) is 2. The molecule has 34 heavy (non-hydrogen) atoms. The molecule has 0 saturated carbocycles. The molecule has 1 aliphatic heterocycles. The van der Waals surface area contributed by atoms with E-state index in [9.17, 15) is 5.11 Å². The van der Waals surface area contributed by atoms with Gasteiger partial charge in [0, 0.05) is 30.4 Å². The largest absolute Gasteiger partial charge is 0.398 e. The van der Waals surface area contributed by atoms with Crippen LogP contribution in [0.4, 0.5) is 11.4 Å². The molecule has 0 saturated heterocycles. The average molecular weight is 483 g/mol. The van der Waals surface area contributed by atoms with Crippen LogP contribution in [0.3, 0.4) is 0 Å². The third-order valence-electron chi connectivity index (χ3n) is 6.11. The van der Waals surface area contributed by atoms with Crippen LogP contribution in [-0.4, -0.2) is 48.3 Å². The normalized spacial score (nSPS) is 21.0. The maximum Gasteiger partial charge on any atom is 0.253 e. The van der Waals surface area contributed by atoms with Crippen molar-refractivity contribution in [3.8, 4) is 0 Å². The van der Waals surface area contributed by atoms with Crippen molar-refractivity contribution in [3.63, 3.8) is 0 Å². The summed E-state index contributed by atoms with van der Waals surface area (Å²) < 4.78 is 29.8. The van der Waals surface area contributed by atoms with Gasteiger partial charge in [-0.05, 0) is 90.5 Å². The van der Waals surface area contributed by atoms with E-state index in [0.29, 0.717) is 6.61 Å². The summed E-state index contributed by atoms with van der Waals surface area (Å²) in [7, 11) is 0. The van der Waals surface area contributed by atoms with Gasteiger partial charge in [0.1, 0.15) is 0 Å². The SMILES string of the molecule is CCOC(C)OC(C)(OC(C)OC(C)OC(C)O)N1c2cc(C(C)C)c(N)cc2CCC1(C)C. The molecule has 0 bridgehead atoms. The molecule has 0 fully saturated rings. The van der Waals surface area contributed by atoms with Crippen LogP contribution in [0.1, 0.15) is 92.7 Å². The van der Waals surface area contributed by atoms with Gasteiger partial charge in [0.2, 0.25) is 0 Å². The predicted octanol–water partition coefficient (Wildman–Crippen LogP) is 5.08. The molecule has 8 heteroatoms. The number of aryl methyl sites for hydroxylation is 1. The average Bonchev–Trinajstić information content (AvgIpc) is 2.65. The van der Waals surface area contributed by atoms with Gasteiger partial charge in [-0.1, -0.05) is 13.8 Å². The Morgan fingerprint density at radius 3 is 2.21 bits per heavy atom. The van der Waals surface area contributed by atoms with Gasteiger partial charge in [0.15, 0.2) is 25.2 Å². The number of rotatable bonds is 12. The van der Waals surface area contributed by atoms with Crippen LogP contribution in [0, 0.1) is 0 Å². The highest BCUT2D eigenvalue weighted by Gasteiger charge is 2.48. The molecule has 0 radical (unpaired) electrons. The van der Waals surface area contributed by atoms with Gasteiger partial charge < -0.3 is 39.4 Å². The highest BCUT2D eigenvalue weighted by molar-refractivity contribution is 5.67. The Balaban J connectivity index is 2.52. The van der Waals surface area contributed by atoms with Gasteiger partial charge in [-0.25, -0.2) is 0 Å². The number of ether oxygens (including phenoxy) is 5. The minimum atomic E-state index is -1.23. The van der Waals surface area contributed by atoms with Crippen molar-refractivity contribution >= 4 is 11.4 Å². The summed E-state index contributed by atoms with van der Waals surface area (Å²) in [5.41, 5.74) is 10.2. The molecule has 1 aliphatic rings. The monoisotopic (exact) mass is 482 g/mol. The van der Waals surface area contributed by atoms with Gasteiger partial charge >= 0.3 is 0 Å². The molecule has 1 aromatic carbocycles. The highest BCUT2D eigenvalue weighted by Crippen LogP contribution is 2.45. The van der Waals surface area contributed by atoms with E-state index in [4.69, 9.17) is 29.4 Å². The number of benzene rings is 1. The molecule has 5 atom stereocenters. The highest BCUT2D eigenvalue weighted by atomic mass is 16.8. The van der Waals surface area contributed by atoms with E-state index in [1.807, 2.05) is 20.8 Å². The molecule has 0 spiro atoms. The molecular formula is C26H46N2O6. The molecular weight excluding hydrogens is 436 g/mol. The fourth-order valence-electron chi connectivity index (χ4n) is 4.85. The molecule has 0 aliphatic carbocycles. The lowest BCUT2D eigenvalue weighted by atomic mass is 9.84. The second kappa shape index (κ2) is 11.5. The standard InChI is InChI=1S/C26H46N2O6/c1-11-30-18(5)33-26(10,34-20(7)32-19(6)31-17(4)29)28-24-15-22(16(2)3)23(27)14-21(24)12-13-25(28,8)9/h14-20,29H,11-13,27H2,1-10H3. The van der Waals surface area contributed by atoms with Gasteiger partial charge in [-0.3, -0.25) is 0 Å². The molecule has 3 N–H and O–H groups in total. The maximum absolute atomic E-state index is 9.52. The first-order chi connectivity index (χ1) is 15.7. The van der Waals surface area contributed by atoms with Crippen LogP contribution in [0.15, 0.2) is 12.1 Å². The van der Waals surface area contributed by atoms with Gasteiger partial charge in [-0.15, -0.1) is 0 Å². The number of anilines is 2. The second-order valence-electron chi connectivity index (χ2n) is 10.1. The van der Waals surface area contributed by atoms with Crippen LogP contribution in [0.2, 0.25) is 0 Å². The van der Waals surface area contributed by atoms with Crippen LogP contribution >= 0.6 is 0 Å². The molecule has 5 unspecified atom stereocenters. The Morgan fingerprint density at radius 2 is 1.65 bits per heavy atom. The van der Waals surface area contributed by atoms with Crippen LogP contribution in [0.5, 0.6) is 0 Å². The fraction of sp³-hybridized carbons (Fsp3) is 0.769. The first kappa shape index (κ1) is 28.8. The lowest BCUT2D eigenvalue weighted by Crippen LogP contribution is -2.63. The van der Waals surface area contributed by atoms with Gasteiger partial charge in [-0.2, -0.15) is 0 Å². The fourth-order valence-corrected chi connectivity index (χ4v) is 4.85. The smallest absolute Gasteiger partial charge is 0.253 e. The van der Waals surface area contributed by atoms with Crippen LogP contribution in [-0.2, 0) is 30.1 Å². The summed E-state index contributed by atoms with van der Waals surface area (Å²) in [6.45, 7) is 19.9. The lowest BCUT2D eigenvalue weighted by Gasteiger charge is -2.54. The number of fused-ring (bicyclic) bond motifs is 1. The van der Waals surface area contributed by atoms with Crippen molar-refractivity contribution in [3.05, 3.63) is 23.3 Å². The van der Waals surface area contributed by atoms with Crippen LogP contribution in [0.25, 0.3) is 0 Å². The van der Waals surface area contributed by atoms with Gasteiger partial charge in [0.05, 0.1) is 0 Å². The zero-order valence-electron chi connectivity index (χ0n) is 22.7. The first-order valence-electron chi connectivity index (χ1n) is 12.4. The summed E-state index contributed by atoms with van der Waals surface area (Å²) in [5, 5.41) is 9.52. The third kappa shape index (κ3) is 7.06. The van der Waals surface area contributed by atoms with Crippen molar-refractivity contribution in [2.45, 2.75) is 125 Å². The molecule has 0 amide bonds. The van der Waals surface area contributed by atoms with E-state index in [-0.39, 0.29) is 11.5 Å². The van der Waals surface area contributed by atoms with Crippen molar-refractivity contribution in [1.29, 1.82) is 0 Å². The van der Waals surface area contributed by atoms with E-state index in [1.54, 1.807) is 13.8 Å². The summed E-state index contributed by atoms with van der Waals surface area (Å²) >= 11 is 0. The molecule has 1 heterocycles. The summed E-state index contributed by atoms with van der Waals surface area (Å²) in [5.74, 6) is -0.963. The number of aliphatic hydroxyl groups is 1. The molecule has 0 aromatic heterocycles. The molecule has 8 nitrogen and oxygen atoms in total. The van der Waals surface area contributed by atoms with Crippen molar-refractivity contribution in [1.82, 2.24) is 0 Å². The van der Waals surface area contributed by atoms with E-state index < -0.39 is 31.1 Å². The number of nitrogens with zero attached hydrogens (tertiary/aromatic N) is 1. The maximum atomic E-state index is 9.52. The number of aliphatic hydroxyl groups excluding tert-OH is 1. The predicted molar refractivity (Wildman–Crippen MR) is 134 cm³/mol. The van der Waals surface area contributed by atoms with Crippen LogP contribution < -0.4 is 10.6 Å². The number of nitrogen functional groups attached to an aromatic ring is 1. The van der Waals surface area contributed by atoms with E-state index in [0.717, 1.165) is 35.3 Å². The Hall–Kier alpha value is -1.42. The van der Waals surface area contributed by atoms with E-state index >= 15 is 0 Å². The first-order valence-corrected chi connectivity index (χ1v) is 12.4. The van der Waals surface area contributed by atoms with Crippen molar-refractivity contribution in [2.24, 2.45) is 0 Å². The lowest BCUT2D eigenvalue weighted by molar-refractivity contribution is -0.363. The Morgan fingerprint density at radius 1 is 1.03 bits per heavy atom. The minimum absolute atomic E-state index is 0.272. The quantitative estimate of drug-likeness (QED) is 0.315. The Bertz CT molecular complexity index is 800. The molecule has 196 valence electrons. The zero-order valence-corrected chi connectivity index (χ0v) is 22.7. The molecule has 2 rings (SSSR count). The third-order valence-corrected chi connectivity index (χ3v) is 6.11. The number of hydrogen-bond acceptors (Lipinski definition) is 8. The van der Waals surface area contributed by atoms with Gasteiger partial charge in [0.25, 0.3) is 5.91 Å². The topological polar surface area (TPSA) is 95.6 Å². The summed E-state index contributed by atoms with van der Waals surface area (Å²) in [6.07, 6.45) is -1.04. The Labute approximate surface area is 205 Å². The zero-order chi connectivity index (χ0) is 25.8.